The van der Waals surface area contributed by atoms with Gasteiger partial charge in [-0.3, -0.25) is 9.59 Å². The van der Waals surface area contributed by atoms with Gasteiger partial charge in [-0.2, -0.15) is 0 Å². The summed E-state index contributed by atoms with van der Waals surface area (Å²) in [5.41, 5.74) is -0.572. The predicted molar refractivity (Wildman–Crippen MR) is 71.2 cm³/mol. The third-order valence-corrected chi connectivity index (χ3v) is 1.82. The monoisotopic (exact) mass is 258 g/mol. The van der Waals surface area contributed by atoms with Gasteiger partial charge in [0.2, 0.25) is 11.8 Å². The summed E-state index contributed by atoms with van der Waals surface area (Å²) in [5.74, 6) is -0.270. The van der Waals surface area contributed by atoms with Gasteiger partial charge in [0, 0.05) is 18.5 Å². The van der Waals surface area contributed by atoms with Gasteiger partial charge in [0.1, 0.15) is 6.61 Å². The van der Waals surface area contributed by atoms with Crippen LogP contribution in [-0.2, 0) is 14.3 Å². The zero-order chi connectivity index (χ0) is 14.4. The van der Waals surface area contributed by atoms with Crippen molar-refractivity contribution in [2.24, 2.45) is 0 Å². The molecule has 0 aromatic heterocycles. The maximum Gasteiger partial charge on any atom is 0.246 e. The fourth-order valence-electron chi connectivity index (χ4n) is 1.13. The van der Waals surface area contributed by atoms with Crippen LogP contribution in [0, 0.1) is 0 Å². The number of hydrogen-bond donors (Lipinski definition) is 2. The maximum atomic E-state index is 11.5. The Hall–Kier alpha value is -1.10. The molecule has 2 amide bonds. The number of hydrogen-bond acceptors (Lipinski definition) is 3. The van der Waals surface area contributed by atoms with Gasteiger partial charge in [-0.05, 0) is 41.5 Å². The van der Waals surface area contributed by atoms with Crippen molar-refractivity contribution >= 4 is 11.8 Å². The van der Waals surface area contributed by atoms with Crippen LogP contribution < -0.4 is 10.6 Å². The molecular formula is C13H26N2O3. The number of nitrogens with one attached hydrogen (secondary N) is 2. The van der Waals surface area contributed by atoms with Gasteiger partial charge in [0.25, 0.3) is 0 Å². The number of carbonyl (C=O) groups excluding carboxylic acids is 2. The SMILES string of the molecule is CC(C)(C)NC(=O)CCNC(=O)COC(C)(C)C. The van der Waals surface area contributed by atoms with E-state index in [9.17, 15) is 9.59 Å². The molecule has 0 spiro atoms. The minimum absolute atomic E-state index is 0.0182. The zero-order valence-corrected chi connectivity index (χ0v) is 12.3. The van der Waals surface area contributed by atoms with Crippen molar-refractivity contribution in [2.45, 2.75) is 59.1 Å². The van der Waals surface area contributed by atoms with Crippen molar-refractivity contribution in [2.75, 3.05) is 13.2 Å². The van der Waals surface area contributed by atoms with Crippen LogP contribution >= 0.6 is 0 Å². The van der Waals surface area contributed by atoms with E-state index in [0.717, 1.165) is 0 Å². The molecular weight excluding hydrogens is 232 g/mol. The lowest BCUT2D eigenvalue weighted by atomic mass is 10.1. The Kier molecular flexibility index (Phi) is 6.32. The van der Waals surface area contributed by atoms with Gasteiger partial charge >= 0.3 is 0 Å². The molecule has 2 N–H and O–H groups in total. The predicted octanol–water partition coefficient (Wildman–Crippen LogP) is 1.22. The van der Waals surface area contributed by atoms with Crippen LogP contribution in [0.3, 0.4) is 0 Å². The maximum absolute atomic E-state index is 11.5. The molecule has 0 aromatic rings. The molecule has 0 aromatic carbocycles. The Balaban J connectivity index is 3.72. The average molecular weight is 258 g/mol. The molecule has 18 heavy (non-hydrogen) atoms. The minimum Gasteiger partial charge on any atom is -0.366 e. The summed E-state index contributed by atoms with van der Waals surface area (Å²) in [6.07, 6.45) is 0.276. The standard InChI is InChI=1S/C13H26N2O3/c1-12(2,3)15-10(16)7-8-14-11(17)9-18-13(4,5)6/h7-9H2,1-6H3,(H,14,17)(H,15,16). The lowest BCUT2D eigenvalue weighted by Gasteiger charge is -2.21. The van der Waals surface area contributed by atoms with Crippen molar-refractivity contribution in [1.82, 2.24) is 10.6 Å². The number of rotatable bonds is 5. The second-order valence-electron chi connectivity index (χ2n) is 6.30. The van der Waals surface area contributed by atoms with Crippen LogP contribution in [0.1, 0.15) is 48.0 Å². The van der Waals surface area contributed by atoms with Crippen LogP contribution in [0.15, 0.2) is 0 Å². The van der Waals surface area contributed by atoms with Gasteiger partial charge in [-0.15, -0.1) is 0 Å². The van der Waals surface area contributed by atoms with E-state index >= 15 is 0 Å². The highest BCUT2D eigenvalue weighted by atomic mass is 16.5. The highest BCUT2D eigenvalue weighted by Gasteiger charge is 2.15. The second-order valence-corrected chi connectivity index (χ2v) is 6.30. The smallest absolute Gasteiger partial charge is 0.246 e. The largest absolute Gasteiger partial charge is 0.366 e. The lowest BCUT2D eigenvalue weighted by molar-refractivity contribution is -0.130. The molecule has 0 aliphatic carbocycles. The number of amides is 2. The molecule has 0 saturated heterocycles. The fourth-order valence-corrected chi connectivity index (χ4v) is 1.13. The van der Waals surface area contributed by atoms with Crippen molar-refractivity contribution in [1.29, 1.82) is 0 Å². The normalized spacial score (nSPS) is 12.1. The third-order valence-electron chi connectivity index (χ3n) is 1.82. The third kappa shape index (κ3) is 11.4. The van der Waals surface area contributed by atoms with E-state index in [2.05, 4.69) is 10.6 Å². The summed E-state index contributed by atoms with van der Waals surface area (Å²) in [5, 5.41) is 5.47. The van der Waals surface area contributed by atoms with Crippen molar-refractivity contribution in [3.05, 3.63) is 0 Å². The Morgan fingerprint density at radius 1 is 1.00 bits per heavy atom. The molecule has 0 rings (SSSR count). The van der Waals surface area contributed by atoms with Crippen molar-refractivity contribution in [3.8, 4) is 0 Å². The minimum atomic E-state index is -0.332. The molecule has 0 atom stereocenters. The van der Waals surface area contributed by atoms with Gasteiger partial charge in [-0.1, -0.05) is 0 Å². The first-order valence-corrected chi connectivity index (χ1v) is 6.21. The first-order valence-electron chi connectivity index (χ1n) is 6.21. The molecule has 0 bridgehead atoms. The topological polar surface area (TPSA) is 67.4 Å². The van der Waals surface area contributed by atoms with E-state index < -0.39 is 0 Å². The molecule has 0 heterocycles. The van der Waals surface area contributed by atoms with E-state index in [-0.39, 0.29) is 36.0 Å². The van der Waals surface area contributed by atoms with Gasteiger partial charge in [-0.25, -0.2) is 0 Å². The van der Waals surface area contributed by atoms with E-state index in [0.29, 0.717) is 6.54 Å². The highest BCUT2D eigenvalue weighted by molar-refractivity contribution is 5.79. The Labute approximate surface area is 110 Å². The second kappa shape index (κ2) is 6.73. The van der Waals surface area contributed by atoms with Gasteiger partial charge in [0.15, 0.2) is 0 Å². The summed E-state index contributed by atoms with van der Waals surface area (Å²) >= 11 is 0. The Bertz CT molecular complexity index is 288. The molecule has 0 unspecified atom stereocenters. The van der Waals surface area contributed by atoms with E-state index in [1.165, 1.54) is 0 Å². The summed E-state index contributed by atoms with van der Waals surface area (Å²) in [6, 6.07) is 0. The van der Waals surface area contributed by atoms with E-state index in [1.807, 2.05) is 41.5 Å². The molecule has 5 nitrogen and oxygen atoms in total. The fraction of sp³-hybridized carbons (Fsp3) is 0.846. The quantitative estimate of drug-likeness (QED) is 0.779. The Morgan fingerprint density at radius 2 is 1.56 bits per heavy atom. The molecule has 0 fully saturated rings. The summed E-state index contributed by atoms with van der Waals surface area (Å²) in [4.78, 5) is 22.9. The van der Waals surface area contributed by atoms with E-state index in [1.54, 1.807) is 0 Å². The number of ether oxygens (including phenoxy) is 1. The van der Waals surface area contributed by atoms with Crippen LogP contribution in [-0.4, -0.2) is 36.1 Å². The van der Waals surface area contributed by atoms with Crippen molar-refractivity contribution < 1.29 is 14.3 Å². The van der Waals surface area contributed by atoms with Gasteiger partial charge in [0.05, 0.1) is 5.60 Å². The molecule has 0 radical (unpaired) electrons. The molecule has 0 saturated carbocycles. The van der Waals surface area contributed by atoms with E-state index in [4.69, 9.17) is 4.74 Å². The van der Waals surface area contributed by atoms with Crippen LogP contribution in [0.2, 0.25) is 0 Å². The molecule has 0 aliphatic heterocycles. The molecule has 0 aliphatic rings. The molecule has 5 heteroatoms. The molecule has 106 valence electrons. The summed E-state index contributed by atoms with van der Waals surface area (Å²) in [7, 11) is 0. The Morgan fingerprint density at radius 3 is 2.00 bits per heavy atom. The zero-order valence-electron chi connectivity index (χ0n) is 12.3. The van der Waals surface area contributed by atoms with Crippen LogP contribution in [0.5, 0.6) is 0 Å². The number of carbonyl (C=O) groups is 2. The summed E-state index contributed by atoms with van der Waals surface area (Å²) < 4.78 is 5.32. The first kappa shape index (κ1) is 16.9. The van der Waals surface area contributed by atoms with Crippen molar-refractivity contribution in [3.63, 3.8) is 0 Å². The van der Waals surface area contributed by atoms with Crippen LogP contribution in [0.4, 0.5) is 0 Å². The summed E-state index contributed by atoms with van der Waals surface area (Å²) in [6.45, 7) is 11.8. The lowest BCUT2D eigenvalue weighted by Crippen LogP contribution is -2.42. The highest BCUT2D eigenvalue weighted by Crippen LogP contribution is 2.05. The van der Waals surface area contributed by atoms with Gasteiger partial charge < -0.3 is 15.4 Å². The first-order chi connectivity index (χ1) is 7.99. The average Bonchev–Trinajstić information content (AvgIpc) is 2.10. The van der Waals surface area contributed by atoms with Crippen LogP contribution in [0.25, 0.3) is 0 Å².